The van der Waals surface area contributed by atoms with Gasteiger partial charge < -0.3 is 10.2 Å². The Balaban J connectivity index is 1.93. The Bertz CT molecular complexity index is 399. The molecule has 0 aliphatic carbocycles. The van der Waals surface area contributed by atoms with E-state index in [0.717, 1.165) is 38.0 Å². The summed E-state index contributed by atoms with van der Waals surface area (Å²) in [7, 11) is 2.08. The zero-order valence-electron chi connectivity index (χ0n) is 11.3. The molecular formula is C15H22N2O. The van der Waals surface area contributed by atoms with Gasteiger partial charge in [-0.25, -0.2) is 0 Å². The third-order valence-corrected chi connectivity index (χ3v) is 3.62. The van der Waals surface area contributed by atoms with Gasteiger partial charge in [0.05, 0.1) is 5.92 Å². The number of benzene rings is 1. The van der Waals surface area contributed by atoms with Gasteiger partial charge in [0.1, 0.15) is 0 Å². The van der Waals surface area contributed by atoms with E-state index in [4.69, 9.17) is 0 Å². The minimum Gasteiger partial charge on any atom is -0.326 e. The van der Waals surface area contributed by atoms with Gasteiger partial charge in [-0.3, -0.25) is 4.79 Å². The molecule has 1 fully saturated rings. The van der Waals surface area contributed by atoms with Crippen molar-refractivity contribution >= 4 is 11.6 Å². The van der Waals surface area contributed by atoms with Gasteiger partial charge >= 0.3 is 0 Å². The molecule has 1 aromatic carbocycles. The van der Waals surface area contributed by atoms with Crippen LogP contribution in [-0.4, -0.2) is 30.9 Å². The van der Waals surface area contributed by atoms with Gasteiger partial charge in [0, 0.05) is 12.2 Å². The average molecular weight is 246 g/mol. The summed E-state index contributed by atoms with van der Waals surface area (Å²) in [6, 6.07) is 8.12. The lowest BCUT2D eigenvalue weighted by Gasteiger charge is -2.28. The molecule has 0 aromatic heterocycles. The predicted molar refractivity (Wildman–Crippen MR) is 74.7 cm³/mol. The van der Waals surface area contributed by atoms with Crippen LogP contribution in [0.1, 0.15) is 25.3 Å². The van der Waals surface area contributed by atoms with Crippen LogP contribution in [0, 0.1) is 5.92 Å². The lowest BCUT2D eigenvalue weighted by atomic mass is 9.97. The maximum Gasteiger partial charge on any atom is 0.228 e. The normalized spacial score (nSPS) is 20.7. The van der Waals surface area contributed by atoms with Crippen LogP contribution >= 0.6 is 0 Å². The molecule has 3 heteroatoms. The zero-order valence-corrected chi connectivity index (χ0v) is 11.3. The van der Waals surface area contributed by atoms with Crippen molar-refractivity contribution in [1.82, 2.24) is 4.90 Å². The molecule has 1 atom stereocenters. The number of anilines is 1. The minimum atomic E-state index is 0.134. The summed E-state index contributed by atoms with van der Waals surface area (Å²) in [4.78, 5) is 14.4. The molecule has 1 aliphatic rings. The molecule has 0 bridgehead atoms. The molecule has 18 heavy (non-hydrogen) atoms. The Morgan fingerprint density at radius 2 is 2.11 bits per heavy atom. The molecule has 0 saturated carbocycles. The van der Waals surface area contributed by atoms with Gasteiger partial charge in [-0.05, 0) is 50.6 Å². The number of carbonyl (C=O) groups is 1. The number of amides is 1. The molecule has 1 N–H and O–H groups in total. The van der Waals surface area contributed by atoms with Crippen LogP contribution in [0.5, 0.6) is 0 Å². The van der Waals surface area contributed by atoms with Crippen molar-refractivity contribution in [2.75, 3.05) is 25.5 Å². The number of nitrogens with zero attached hydrogens (tertiary/aromatic N) is 1. The monoisotopic (exact) mass is 246 g/mol. The SMILES string of the molecule is CCc1ccc(NC(=O)C2CCCN(C)C2)cc1. The summed E-state index contributed by atoms with van der Waals surface area (Å²) in [5.74, 6) is 0.292. The predicted octanol–water partition coefficient (Wildman–Crippen LogP) is 2.53. The highest BCUT2D eigenvalue weighted by Gasteiger charge is 2.23. The van der Waals surface area contributed by atoms with Crippen LogP contribution in [0.15, 0.2) is 24.3 Å². The van der Waals surface area contributed by atoms with Gasteiger partial charge in [-0.2, -0.15) is 0 Å². The third-order valence-electron chi connectivity index (χ3n) is 3.62. The lowest BCUT2D eigenvalue weighted by Crippen LogP contribution is -2.38. The second kappa shape index (κ2) is 6.01. The molecule has 1 aromatic rings. The van der Waals surface area contributed by atoms with Crippen molar-refractivity contribution in [3.63, 3.8) is 0 Å². The van der Waals surface area contributed by atoms with Gasteiger partial charge in [0.25, 0.3) is 0 Å². The van der Waals surface area contributed by atoms with E-state index in [-0.39, 0.29) is 11.8 Å². The number of aryl methyl sites for hydroxylation is 1. The Kier molecular flexibility index (Phi) is 4.37. The number of hydrogen-bond acceptors (Lipinski definition) is 2. The summed E-state index contributed by atoms with van der Waals surface area (Å²) in [5, 5.41) is 3.02. The van der Waals surface area contributed by atoms with Crippen molar-refractivity contribution in [2.45, 2.75) is 26.2 Å². The van der Waals surface area contributed by atoms with E-state index in [9.17, 15) is 4.79 Å². The van der Waals surface area contributed by atoms with E-state index in [1.54, 1.807) is 0 Å². The molecule has 1 heterocycles. The highest BCUT2D eigenvalue weighted by molar-refractivity contribution is 5.92. The van der Waals surface area contributed by atoms with E-state index in [0.29, 0.717) is 0 Å². The number of likely N-dealkylation sites (tertiary alicyclic amines) is 1. The quantitative estimate of drug-likeness (QED) is 0.889. The fourth-order valence-electron chi connectivity index (χ4n) is 2.45. The highest BCUT2D eigenvalue weighted by atomic mass is 16.1. The van der Waals surface area contributed by atoms with Crippen molar-refractivity contribution in [2.24, 2.45) is 5.92 Å². The van der Waals surface area contributed by atoms with E-state index < -0.39 is 0 Å². The fourth-order valence-corrected chi connectivity index (χ4v) is 2.45. The Labute approximate surface area is 109 Å². The van der Waals surface area contributed by atoms with Crippen LogP contribution in [0.4, 0.5) is 5.69 Å². The first-order valence-electron chi connectivity index (χ1n) is 6.77. The van der Waals surface area contributed by atoms with Crippen LogP contribution in [-0.2, 0) is 11.2 Å². The molecule has 1 amide bonds. The van der Waals surface area contributed by atoms with Crippen LogP contribution in [0.3, 0.4) is 0 Å². The Hall–Kier alpha value is -1.35. The number of hydrogen-bond donors (Lipinski definition) is 1. The highest BCUT2D eigenvalue weighted by Crippen LogP contribution is 2.18. The first-order chi connectivity index (χ1) is 8.69. The summed E-state index contributed by atoms with van der Waals surface area (Å²) in [5.41, 5.74) is 2.20. The van der Waals surface area contributed by atoms with Gasteiger partial charge in [-0.15, -0.1) is 0 Å². The molecule has 1 saturated heterocycles. The maximum atomic E-state index is 12.1. The maximum absolute atomic E-state index is 12.1. The largest absolute Gasteiger partial charge is 0.326 e. The van der Waals surface area contributed by atoms with Crippen molar-refractivity contribution in [3.05, 3.63) is 29.8 Å². The van der Waals surface area contributed by atoms with E-state index in [1.165, 1.54) is 5.56 Å². The van der Waals surface area contributed by atoms with E-state index >= 15 is 0 Å². The molecule has 1 aliphatic heterocycles. The Morgan fingerprint density at radius 1 is 1.39 bits per heavy atom. The third kappa shape index (κ3) is 3.33. The van der Waals surface area contributed by atoms with E-state index in [1.807, 2.05) is 12.1 Å². The molecule has 1 unspecified atom stereocenters. The van der Waals surface area contributed by atoms with E-state index in [2.05, 4.69) is 36.3 Å². The van der Waals surface area contributed by atoms with Crippen LogP contribution < -0.4 is 5.32 Å². The summed E-state index contributed by atoms with van der Waals surface area (Å²) >= 11 is 0. The molecule has 0 radical (unpaired) electrons. The fraction of sp³-hybridized carbons (Fsp3) is 0.533. The number of nitrogens with one attached hydrogen (secondary N) is 1. The van der Waals surface area contributed by atoms with Gasteiger partial charge in [-0.1, -0.05) is 19.1 Å². The second-order valence-corrected chi connectivity index (χ2v) is 5.14. The topological polar surface area (TPSA) is 32.3 Å². The first-order valence-corrected chi connectivity index (χ1v) is 6.77. The second-order valence-electron chi connectivity index (χ2n) is 5.14. The first kappa shape index (κ1) is 13.1. The standard InChI is InChI=1S/C15H22N2O/c1-3-12-6-8-14(9-7-12)16-15(18)13-5-4-10-17(2)11-13/h6-9,13H,3-5,10-11H2,1-2H3,(H,16,18). The smallest absolute Gasteiger partial charge is 0.228 e. The lowest BCUT2D eigenvalue weighted by molar-refractivity contribution is -0.121. The van der Waals surface area contributed by atoms with Gasteiger partial charge in [0.2, 0.25) is 5.91 Å². The summed E-state index contributed by atoms with van der Waals surface area (Å²) in [6.45, 7) is 4.11. The summed E-state index contributed by atoms with van der Waals surface area (Å²) in [6.07, 6.45) is 3.15. The zero-order chi connectivity index (χ0) is 13.0. The average Bonchev–Trinajstić information content (AvgIpc) is 2.39. The molecule has 98 valence electrons. The molecular weight excluding hydrogens is 224 g/mol. The van der Waals surface area contributed by atoms with Crippen molar-refractivity contribution in [3.8, 4) is 0 Å². The Morgan fingerprint density at radius 3 is 2.72 bits per heavy atom. The molecule has 0 spiro atoms. The number of carbonyl (C=O) groups excluding carboxylic acids is 1. The van der Waals surface area contributed by atoms with Gasteiger partial charge in [0.15, 0.2) is 0 Å². The molecule has 3 nitrogen and oxygen atoms in total. The molecule has 2 rings (SSSR count). The van der Waals surface area contributed by atoms with Crippen molar-refractivity contribution < 1.29 is 4.79 Å². The van der Waals surface area contributed by atoms with Crippen LogP contribution in [0.25, 0.3) is 0 Å². The minimum absolute atomic E-state index is 0.134. The number of piperidine rings is 1. The van der Waals surface area contributed by atoms with Crippen LogP contribution in [0.2, 0.25) is 0 Å². The number of rotatable bonds is 3. The van der Waals surface area contributed by atoms with Crippen molar-refractivity contribution in [1.29, 1.82) is 0 Å². The summed E-state index contributed by atoms with van der Waals surface area (Å²) < 4.78 is 0.